The highest BCUT2D eigenvalue weighted by Crippen LogP contribution is 2.55. The molecule has 130 valence electrons. The number of hydrogen-bond acceptors (Lipinski definition) is 2. The van der Waals surface area contributed by atoms with Crippen molar-refractivity contribution in [1.82, 2.24) is 10.6 Å². The SMILES string of the molecule is Cl.O=C(CC1CC2CCC(C1)N2)NC12CC3CC(CC(C3)C1)C2. The Labute approximate surface area is 146 Å². The number of hydrogen-bond donors (Lipinski definition) is 2. The van der Waals surface area contributed by atoms with E-state index in [1.165, 1.54) is 64.2 Å². The summed E-state index contributed by atoms with van der Waals surface area (Å²) in [5.74, 6) is 3.75. The van der Waals surface area contributed by atoms with E-state index < -0.39 is 0 Å². The molecule has 4 saturated carbocycles. The summed E-state index contributed by atoms with van der Waals surface area (Å²) in [6.45, 7) is 0. The molecule has 0 spiro atoms. The molecular formula is C19H31ClN2O. The zero-order valence-corrected chi connectivity index (χ0v) is 14.9. The van der Waals surface area contributed by atoms with E-state index in [2.05, 4.69) is 10.6 Å². The van der Waals surface area contributed by atoms with E-state index in [1.54, 1.807) is 0 Å². The Morgan fingerprint density at radius 3 is 1.96 bits per heavy atom. The van der Waals surface area contributed by atoms with Crippen LogP contribution >= 0.6 is 12.4 Å². The molecule has 6 aliphatic rings. The summed E-state index contributed by atoms with van der Waals surface area (Å²) in [6, 6.07) is 1.41. The van der Waals surface area contributed by atoms with Crippen LogP contribution < -0.4 is 10.6 Å². The predicted octanol–water partition coefficient (Wildman–Crippen LogP) is 3.41. The van der Waals surface area contributed by atoms with Crippen molar-refractivity contribution in [3.8, 4) is 0 Å². The second-order valence-electron chi connectivity index (χ2n) is 9.43. The molecule has 2 heterocycles. The minimum atomic E-state index is 0. The number of carbonyl (C=O) groups excluding carboxylic acids is 1. The van der Waals surface area contributed by atoms with Gasteiger partial charge in [0.25, 0.3) is 0 Å². The molecule has 2 atom stereocenters. The maximum Gasteiger partial charge on any atom is 0.220 e. The highest BCUT2D eigenvalue weighted by molar-refractivity contribution is 5.85. The normalized spacial score (nSPS) is 49.7. The van der Waals surface area contributed by atoms with Crippen LogP contribution in [0.4, 0.5) is 0 Å². The van der Waals surface area contributed by atoms with Crippen molar-refractivity contribution in [1.29, 1.82) is 0 Å². The summed E-state index contributed by atoms with van der Waals surface area (Å²) in [4.78, 5) is 12.7. The van der Waals surface area contributed by atoms with Crippen molar-refractivity contribution in [2.75, 3.05) is 0 Å². The van der Waals surface area contributed by atoms with Crippen LogP contribution in [0.2, 0.25) is 0 Å². The third-order valence-corrected chi connectivity index (χ3v) is 7.49. The summed E-state index contributed by atoms with van der Waals surface area (Å²) in [6.07, 6.45) is 14.1. The van der Waals surface area contributed by atoms with Crippen molar-refractivity contribution >= 4 is 18.3 Å². The summed E-state index contributed by atoms with van der Waals surface area (Å²) in [7, 11) is 0. The lowest BCUT2D eigenvalue weighted by Crippen LogP contribution is -2.60. The van der Waals surface area contributed by atoms with Gasteiger partial charge in [0.15, 0.2) is 0 Å². The molecule has 2 aliphatic heterocycles. The predicted molar refractivity (Wildman–Crippen MR) is 93.6 cm³/mol. The Bertz CT molecular complexity index is 433. The van der Waals surface area contributed by atoms with Gasteiger partial charge in [0, 0.05) is 24.0 Å². The molecule has 4 aliphatic carbocycles. The highest BCUT2D eigenvalue weighted by Gasteiger charge is 2.51. The number of fused-ring (bicyclic) bond motifs is 2. The van der Waals surface area contributed by atoms with Crippen LogP contribution in [0.5, 0.6) is 0 Å². The average Bonchev–Trinajstić information content (AvgIpc) is 2.75. The molecule has 2 saturated heterocycles. The van der Waals surface area contributed by atoms with Gasteiger partial charge in [-0.25, -0.2) is 0 Å². The molecule has 2 unspecified atom stereocenters. The smallest absolute Gasteiger partial charge is 0.220 e. The maximum absolute atomic E-state index is 12.7. The Kier molecular flexibility index (Phi) is 4.16. The van der Waals surface area contributed by atoms with Gasteiger partial charge >= 0.3 is 0 Å². The lowest BCUT2D eigenvalue weighted by molar-refractivity contribution is -0.128. The van der Waals surface area contributed by atoms with Crippen LogP contribution in [0, 0.1) is 23.7 Å². The lowest BCUT2D eigenvalue weighted by atomic mass is 9.53. The first kappa shape index (κ1) is 16.2. The molecule has 6 rings (SSSR count). The van der Waals surface area contributed by atoms with Gasteiger partial charge in [-0.1, -0.05) is 0 Å². The molecular weight excluding hydrogens is 308 g/mol. The first-order valence-corrected chi connectivity index (χ1v) is 9.73. The number of halogens is 1. The molecule has 1 amide bonds. The first-order chi connectivity index (χ1) is 10.7. The van der Waals surface area contributed by atoms with Gasteiger partial charge in [0.1, 0.15) is 0 Å². The van der Waals surface area contributed by atoms with E-state index in [0.717, 1.165) is 24.2 Å². The monoisotopic (exact) mass is 338 g/mol. The molecule has 0 aromatic heterocycles. The van der Waals surface area contributed by atoms with E-state index in [1.807, 2.05) is 0 Å². The number of carbonyl (C=O) groups is 1. The highest BCUT2D eigenvalue weighted by atomic mass is 35.5. The van der Waals surface area contributed by atoms with Gasteiger partial charge < -0.3 is 10.6 Å². The molecule has 0 aromatic carbocycles. The summed E-state index contributed by atoms with van der Waals surface area (Å²) >= 11 is 0. The second-order valence-corrected chi connectivity index (χ2v) is 9.43. The molecule has 2 N–H and O–H groups in total. The standard InChI is InChI=1S/C19H30N2O.ClH/c22-18(8-12-6-16-1-2-17(7-12)20-16)21-19-9-13-3-14(10-19)5-15(4-13)11-19;/h12-17,20H,1-11H2,(H,21,22);1H. The van der Waals surface area contributed by atoms with Crippen molar-refractivity contribution < 1.29 is 4.79 Å². The van der Waals surface area contributed by atoms with Crippen LogP contribution in [0.25, 0.3) is 0 Å². The van der Waals surface area contributed by atoms with Gasteiger partial charge in [-0.05, 0) is 87.9 Å². The fourth-order valence-corrected chi connectivity index (χ4v) is 7.21. The van der Waals surface area contributed by atoms with Crippen LogP contribution in [0.1, 0.15) is 70.6 Å². The van der Waals surface area contributed by atoms with Crippen LogP contribution in [0.3, 0.4) is 0 Å². The van der Waals surface area contributed by atoms with E-state index in [-0.39, 0.29) is 17.9 Å². The van der Waals surface area contributed by atoms with E-state index in [0.29, 0.717) is 23.9 Å². The largest absolute Gasteiger partial charge is 0.351 e. The number of nitrogens with one attached hydrogen (secondary N) is 2. The Balaban J connectivity index is 0.00000135. The van der Waals surface area contributed by atoms with Crippen LogP contribution in [0.15, 0.2) is 0 Å². The number of rotatable bonds is 3. The van der Waals surface area contributed by atoms with Crippen LogP contribution in [-0.4, -0.2) is 23.5 Å². The second kappa shape index (κ2) is 5.91. The number of amides is 1. The van der Waals surface area contributed by atoms with Crippen molar-refractivity contribution in [3.63, 3.8) is 0 Å². The van der Waals surface area contributed by atoms with Crippen molar-refractivity contribution in [2.45, 2.75) is 88.3 Å². The van der Waals surface area contributed by atoms with Gasteiger partial charge in [-0.2, -0.15) is 0 Å². The molecule has 23 heavy (non-hydrogen) atoms. The number of piperidine rings is 1. The molecule has 4 heteroatoms. The van der Waals surface area contributed by atoms with Gasteiger partial charge in [-0.15, -0.1) is 12.4 Å². The molecule has 0 aromatic rings. The van der Waals surface area contributed by atoms with E-state index in [4.69, 9.17) is 0 Å². The van der Waals surface area contributed by atoms with E-state index in [9.17, 15) is 4.79 Å². The lowest BCUT2D eigenvalue weighted by Gasteiger charge is -2.57. The molecule has 0 radical (unpaired) electrons. The molecule has 6 bridgehead atoms. The van der Waals surface area contributed by atoms with Crippen LogP contribution in [-0.2, 0) is 4.79 Å². The third-order valence-electron chi connectivity index (χ3n) is 7.49. The van der Waals surface area contributed by atoms with Crippen molar-refractivity contribution in [2.24, 2.45) is 23.7 Å². The minimum Gasteiger partial charge on any atom is -0.351 e. The Morgan fingerprint density at radius 1 is 0.913 bits per heavy atom. The summed E-state index contributed by atoms with van der Waals surface area (Å²) in [5.41, 5.74) is 0.206. The average molecular weight is 339 g/mol. The first-order valence-electron chi connectivity index (χ1n) is 9.73. The maximum atomic E-state index is 12.7. The van der Waals surface area contributed by atoms with E-state index >= 15 is 0 Å². The van der Waals surface area contributed by atoms with Gasteiger partial charge in [-0.3, -0.25) is 4.79 Å². The fourth-order valence-electron chi connectivity index (χ4n) is 7.21. The minimum absolute atomic E-state index is 0. The zero-order valence-electron chi connectivity index (χ0n) is 14.1. The van der Waals surface area contributed by atoms with Gasteiger partial charge in [0.2, 0.25) is 5.91 Å². The third kappa shape index (κ3) is 3.04. The fraction of sp³-hybridized carbons (Fsp3) is 0.947. The van der Waals surface area contributed by atoms with Gasteiger partial charge in [0.05, 0.1) is 0 Å². The Hall–Kier alpha value is -0.280. The van der Waals surface area contributed by atoms with Crippen molar-refractivity contribution in [3.05, 3.63) is 0 Å². The topological polar surface area (TPSA) is 41.1 Å². The molecule has 3 nitrogen and oxygen atoms in total. The quantitative estimate of drug-likeness (QED) is 0.828. The Morgan fingerprint density at radius 2 is 1.43 bits per heavy atom. The summed E-state index contributed by atoms with van der Waals surface area (Å²) < 4.78 is 0. The zero-order chi connectivity index (χ0) is 14.7. The molecule has 6 fully saturated rings. The summed E-state index contributed by atoms with van der Waals surface area (Å²) in [5, 5.41) is 7.25.